The van der Waals surface area contributed by atoms with Gasteiger partial charge in [-0.3, -0.25) is 19.4 Å². The van der Waals surface area contributed by atoms with Gasteiger partial charge < -0.3 is 10.1 Å². The van der Waals surface area contributed by atoms with Crippen LogP contribution in [0.1, 0.15) is 43.0 Å². The van der Waals surface area contributed by atoms with Gasteiger partial charge in [0, 0.05) is 26.0 Å². The molecule has 0 bridgehead atoms. The summed E-state index contributed by atoms with van der Waals surface area (Å²) in [6.07, 6.45) is 5.39. The average Bonchev–Trinajstić information content (AvgIpc) is 2.71. The Morgan fingerprint density at radius 2 is 1.61 bits per heavy atom. The lowest BCUT2D eigenvalue weighted by Crippen LogP contribution is -2.53. The topological polar surface area (TPSA) is 96.0 Å². The molecule has 0 radical (unpaired) electrons. The first-order valence-corrected chi connectivity index (χ1v) is 9.20. The lowest BCUT2D eigenvalue weighted by Gasteiger charge is -2.28. The van der Waals surface area contributed by atoms with Gasteiger partial charge in [-0.2, -0.15) is 0 Å². The Morgan fingerprint density at radius 1 is 1.00 bits per heavy atom. The summed E-state index contributed by atoms with van der Waals surface area (Å²) >= 11 is 0. The van der Waals surface area contributed by atoms with Crippen molar-refractivity contribution < 1.29 is 23.9 Å². The highest BCUT2D eigenvalue weighted by Gasteiger charge is 2.37. The maximum atomic E-state index is 12.1. The molecule has 1 aromatic rings. The molecule has 1 aliphatic rings. The molecule has 1 fully saturated rings. The van der Waals surface area contributed by atoms with Crippen molar-refractivity contribution in [3.05, 3.63) is 41.6 Å². The molecule has 1 N–H and O–H groups in total. The Kier molecular flexibility index (Phi) is 7.31. The first kappa shape index (κ1) is 21.1. The minimum absolute atomic E-state index is 0.153. The van der Waals surface area contributed by atoms with Gasteiger partial charge in [-0.05, 0) is 30.7 Å². The van der Waals surface area contributed by atoms with Gasteiger partial charge in [0.05, 0.1) is 12.2 Å². The van der Waals surface area contributed by atoms with Crippen molar-refractivity contribution in [2.45, 2.75) is 32.6 Å². The van der Waals surface area contributed by atoms with Crippen LogP contribution in [0.25, 0.3) is 0 Å². The lowest BCUT2D eigenvalue weighted by molar-refractivity contribution is -0.134. The van der Waals surface area contributed by atoms with E-state index in [1.54, 1.807) is 24.3 Å². The maximum Gasteiger partial charge on any atom is 0.338 e. The van der Waals surface area contributed by atoms with Crippen molar-refractivity contribution in [2.24, 2.45) is 0 Å². The molecule has 0 spiro atoms. The number of nitrogens with one attached hydrogen (secondary N) is 1. The van der Waals surface area contributed by atoms with Crippen molar-refractivity contribution >= 4 is 29.5 Å². The van der Waals surface area contributed by atoms with E-state index in [9.17, 15) is 19.2 Å². The van der Waals surface area contributed by atoms with Gasteiger partial charge in [0.25, 0.3) is 11.8 Å². The first-order chi connectivity index (χ1) is 13.4. The number of unbranched alkanes of at least 4 members (excludes halogenated alkanes) is 3. The predicted molar refractivity (Wildman–Crippen MR) is 104 cm³/mol. The second kappa shape index (κ2) is 9.68. The first-order valence-electron chi connectivity index (χ1n) is 9.20. The highest BCUT2D eigenvalue weighted by atomic mass is 16.5. The van der Waals surface area contributed by atoms with E-state index < -0.39 is 17.8 Å². The second-order valence-electron chi connectivity index (χ2n) is 6.49. The Labute approximate surface area is 164 Å². The number of imide groups is 2. The Bertz CT molecular complexity index is 760. The van der Waals surface area contributed by atoms with Gasteiger partial charge in [-0.1, -0.05) is 26.2 Å². The van der Waals surface area contributed by atoms with Crippen LogP contribution in [0.4, 0.5) is 10.5 Å². The minimum atomic E-state index is -0.677. The van der Waals surface area contributed by atoms with Crippen LogP contribution in [0.3, 0.4) is 0 Å². The maximum absolute atomic E-state index is 12.1. The van der Waals surface area contributed by atoms with Crippen LogP contribution in [0.15, 0.2) is 36.0 Å². The van der Waals surface area contributed by atoms with Gasteiger partial charge in [-0.25, -0.2) is 9.59 Å². The van der Waals surface area contributed by atoms with Crippen LogP contribution in [-0.4, -0.2) is 54.3 Å². The molecule has 0 aliphatic carbocycles. The molecule has 0 atom stereocenters. The molecule has 8 heteroatoms. The molecule has 2 rings (SSSR count). The molecular formula is C20H25N3O5. The standard InChI is InChI=1S/C20H25N3O5/c1-4-5-6-7-12-28-19(26)14-8-10-15(11-9-14)21-13-16-17(24)22(2)20(27)23(3)18(16)25/h8-11,13,21H,4-7,12H2,1-3H3. The third-order valence-corrected chi connectivity index (χ3v) is 4.38. The van der Waals surface area contributed by atoms with E-state index in [4.69, 9.17) is 4.74 Å². The van der Waals surface area contributed by atoms with Gasteiger partial charge >= 0.3 is 12.0 Å². The number of barbiturate groups is 1. The van der Waals surface area contributed by atoms with Crippen LogP contribution in [0.5, 0.6) is 0 Å². The van der Waals surface area contributed by atoms with Crippen LogP contribution in [0.2, 0.25) is 0 Å². The largest absolute Gasteiger partial charge is 0.462 e. The van der Waals surface area contributed by atoms with E-state index in [2.05, 4.69) is 12.2 Å². The summed E-state index contributed by atoms with van der Waals surface area (Å²) in [4.78, 5) is 49.7. The number of carbonyl (C=O) groups is 4. The molecule has 1 heterocycles. The molecule has 1 aliphatic heterocycles. The number of rotatable bonds is 8. The third kappa shape index (κ3) is 4.97. The van der Waals surface area contributed by atoms with Crippen molar-refractivity contribution in [1.82, 2.24) is 9.80 Å². The van der Waals surface area contributed by atoms with Crippen molar-refractivity contribution in [3.8, 4) is 0 Å². The molecule has 8 nitrogen and oxygen atoms in total. The molecule has 0 saturated carbocycles. The van der Waals surface area contributed by atoms with E-state index in [0.717, 1.165) is 35.5 Å². The summed E-state index contributed by atoms with van der Waals surface area (Å²) in [7, 11) is 2.62. The Hall–Kier alpha value is -3.16. The van der Waals surface area contributed by atoms with E-state index in [0.29, 0.717) is 17.9 Å². The molecule has 28 heavy (non-hydrogen) atoms. The summed E-state index contributed by atoms with van der Waals surface area (Å²) in [5.41, 5.74) is 0.846. The quantitative estimate of drug-likeness (QED) is 0.319. The normalized spacial score (nSPS) is 14.4. The molecule has 0 unspecified atom stereocenters. The summed E-state index contributed by atoms with van der Waals surface area (Å²) in [6.45, 7) is 2.52. The number of likely N-dealkylation sites (N-methyl/N-ethyl adjacent to an activating group) is 2. The molecule has 1 aromatic carbocycles. The lowest BCUT2D eigenvalue weighted by atomic mass is 10.1. The zero-order valence-corrected chi connectivity index (χ0v) is 16.4. The number of urea groups is 1. The summed E-state index contributed by atoms with van der Waals surface area (Å²) in [6, 6.07) is 5.80. The van der Waals surface area contributed by atoms with Crippen LogP contribution in [-0.2, 0) is 14.3 Å². The molecule has 4 amide bonds. The number of hydrogen-bond donors (Lipinski definition) is 1. The molecule has 0 aromatic heterocycles. The number of nitrogens with zero attached hydrogens (tertiary/aromatic N) is 2. The number of esters is 1. The summed E-state index contributed by atoms with van der Waals surface area (Å²) < 4.78 is 5.23. The van der Waals surface area contributed by atoms with E-state index in [1.165, 1.54) is 20.3 Å². The van der Waals surface area contributed by atoms with Crippen LogP contribution in [0, 0.1) is 0 Å². The second-order valence-corrected chi connectivity index (χ2v) is 6.49. The van der Waals surface area contributed by atoms with E-state index in [1.807, 2.05) is 0 Å². The fourth-order valence-electron chi connectivity index (χ4n) is 2.61. The molecule has 1 saturated heterocycles. The number of anilines is 1. The van der Waals surface area contributed by atoms with E-state index in [-0.39, 0.29) is 11.5 Å². The highest BCUT2D eigenvalue weighted by Crippen LogP contribution is 2.16. The minimum Gasteiger partial charge on any atom is -0.462 e. The summed E-state index contributed by atoms with van der Waals surface area (Å²) in [5, 5.41) is 2.84. The third-order valence-electron chi connectivity index (χ3n) is 4.38. The predicted octanol–water partition coefficient (Wildman–Crippen LogP) is 2.77. The zero-order chi connectivity index (χ0) is 20.7. The van der Waals surface area contributed by atoms with Crippen LogP contribution < -0.4 is 5.32 Å². The van der Waals surface area contributed by atoms with Crippen molar-refractivity contribution in [1.29, 1.82) is 0 Å². The van der Waals surface area contributed by atoms with Crippen molar-refractivity contribution in [3.63, 3.8) is 0 Å². The number of ether oxygens (including phenoxy) is 1. The van der Waals surface area contributed by atoms with Gasteiger partial charge in [0.15, 0.2) is 0 Å². The summed E-state index contributed by atoms with van der Waals surface area (Å²) in [5.74, 6) is -1.74. The fraction of sp³-hybridized carbons (Fsp3) is 0.400. The molecule has 150 valence electrons. The number of carbonyl (C=O) groups excluding carboxylic acids is 4. The number of benzene rings is 1. The highest BCUT2D eigenvalue weighted by molar-refractivity contribution is 6.28. The zero-order valence-electron chi connectivity index (χ0n) is 16.4. The van der Waals surface area contributed by atoms with Crippen LogP contribution >= 0.6 is 0 Å². The Balaban J connectivity index is 1.96. The van der Waals surface area contributed by atoms with E-state index >= 15 is 0 Å². The smallest absolute Gasteiger partial charge is 0.338 e. The Morgan fingerprint density at radius 3 is 2.18 bits per heavy atom. The average molecular weight is 387 g/mol. The van der Waals surface area contributed by atoms with Gasteiger partial charge in [-0.15, -0.1) is 0 Å². The number of hydrogen-bond acceptors (Lipinski definition) is 6. The monoisotopic (exact) mass is 387 g/mol. The SMILES string of the molecule is CCCCCCOC(=O)c1ccc(NC=C2C(=O)N(C)C(=O)N(C)C2=O)cc1. The van der Waals surface area contributed by atoms with Gasteiger partial charge in [0.1, 0.15) is 5.57 Å². The number of amides is 4. The fourth-order valence-corrected chi connectivity index (χ4v) is 2.61. The molecular weight excluding hydrogens is 362 g/mol. The van der Waals surface area contributed by atoms with Gasteiger partial charge in [0.2, 0.25) is 0 Å². The van der Waals surface area contributed by atoms with Crippen molar-refractivity contribution in [2.75, 3.05) is 26.0 Å².